The van der Waals surface area contributed by atoms with Crippen LogP contribution in [0.15, 0.2) is 36.5 Å². The van der Waals surface area contributed by atoms with E-state index in [2.05, 4.69) is 10.3 Å². The number of rotatable bonds is 5. The van der Waals surface area contributed by atoms with Gasteiger partial charge in [-0.2, -0.15) is 0 Å². The summed E-state index contributed by atoms with van der Waals surface area (Å²) in [6.45, 7) is 0.752. The van der Waals surface area contributed by atoms with Crippen molar-refractivity contribution in [3.05, 3.63) is 42.1 Å². The van der Waals surface area contributed by atoms with Crippen molar-refractivity contribution in [3.63, 3.8) is 0 Å². The van der Waals surface area contributed by atoms with E-state index in [9.17, 15) is 9.59 Å². The molecular weight excluding hydrogens is 282 g/mol. The third-order valence-electron chi connectivity index (χ3n) is 3.51. The van der Waals surface area contributed by atoms with Crippen LogP contribution in [-0.4, -0.2) is 24.3 Å². The summed E-state index contributed by atoms with van der Waals surface area (Å²) in [5, 5.41) is 2.48. The van der Waals surface area contributed by atoms with Crippen molar-refractivity contribution in [1.29, 1.82) is 0 Å². The maximum Gasteiger partial charge on any atom is 0.214 e. The van der Waals surface area contributed by atoms with Crippen LogP contribution in [0.1, 0.15) is 12.0 Å². The van der Waals surface area contributed by atoms with Gasteiger partial charge in [-0.1, -0.05) is 0 Å². The van der Waals surface area contributed by atoms with E-state index < -0.39 is 0 Å². The monoisotopic (exact) mass is 297 g/mol. The number of carbonyl (C=O) groups is 2. The van der Waals surface area contributed by atoms with Gasteiger partial charge in [-0.05, 0) is 42.7 Å². The average molecular weight is 297 g/mol. The van der Waals surface area contributed by atoms with Gasteiger partial charge in [0.1, 0.15) is 17.3 Å². The first-order valence-corrected chi connectivity index (χ1v) is 6.99. The van der Waals surface area contributed by atoms with Gasteiger partial charge >= 0.3 is 0 Å². The highest BCUT2D eigenvalue weighted by Gasteiger charge is 2.16. The van der Waals surface area contributed by atoms with Crippen LogP contribution in [0.25, 0.3) is 0 Å². The summed E-state index contributed by atoms with van der Waals surface area (Å²) >= 11 is 0. The van der Waals surface area contributed by atoms with Crippen molar-refractivity contribution in [3.8, 4) is 11.5 Å². The largest absolute Gasteiger partial charge is 0.457 e. The molecule has 0 unspecified atom stereocenters. The molecule has 2 aromatic rings. The lowest BCUT2D eigenvalue weighted by Crippen LogP contribution is -2.27. The second-order valence-electron chi connectivity index (χ2n) is 4.93. The zero-order valence-electron chi connectivity index (χ0n) is 11.9. The topological polar surface area (TPSA) is 71.5 Å². The molecule has 1 aromatic heterocycles. The zero-order chi connectivity index (χ0) is 15.4. The summed E-state index contributed by atoms with van der Waals surface area (Å²) in [6, 6.07) is 9.02. The third kappa shape index (κ3) is 2.90. The lowest BCUT2D eigenvalue weighted by Gasteiger charge is -2.26. The minimum Gasteiger partial charge on any atom is -0.457 e. The summed E-state index contributed by atoms with van der Waals surface area (Å²) in [7, 11) is 0. The Labute approximate surface area is 127 Å². The number of ether oxygens (including phenoxy) is 1. The van der Waals surface area contributed by atoms with Crippen LogP contribution < -0.4 is 15.0 Å². The number of anilines is 2. The van der Waals surface area contributed by atoms with E-state index in [1.807, 2.05) is 18.2 Å². The highest BCUT2D eigenvalue weighted by atomic mass is 16.5. The van der Waals surface area contributed by atoms with Crippen molar-refractivity contribution in [1.82, 2.24) is 4.98 Å². The lowest BCUT2D eigenvalue weighted by atomic mass is 10.0. The van der Waals surface area contributed by atoms with E-state index in [1.54, 1.807) is 23.2 Å². The molecular formula is C16H15N3O3. The zero-order valence-corrected chi connectivity index (χ0v) is 11.9. The smallest absolute Gasteiger partial charge is 0.214 e. The molecule has 6 nitrogen and oxygen atoms in total. The molecule has 1 N–H and O–H groups in total. The van der Waals surface area contributed by atoms with Gasteiger partial charge in [-0.3, -0.25) is 9.59 Å². The van der Waals surface area contributed by atoms with E-state index in [0.29, 0.717) is 23.7 Å². The van der Waals surface area contributed by atoms with Crippen molar-refractivity contribution < 1.29 is 14.3 Å². The Kier molecular flexibility index (Phi) is 4.00. The number of hydrogen-bond donors (Lipinski definition) is 1. The molecule has 0 radical (unpaired) electrons. The number of hydrogen-bond acceptors (Lipinski definition) is 4. The number of pyridine rings is 1. The van der Waals surface area contributed by atoms with Crippen LogP contribution in [0.4, 0.5) is 11.5 Å². The van der Waals surface area contributed by atoms with Gasteiger partial charge in [0, 0.05) is 24.5 Å². The van der Waals surface area contributed by atoms with Gasteiger partial charge in [0.2, 0.25) is 12.8 Å². The van der Waals surface area contributed by atoms with Crippen molar-refractivity contribution in [2.24, 2.45) is 0 Å². The fourth-order valence-electron chi connectivity index (χ4n) is 2.53. The van der Waals surface area contributed by atoms with E-state index in [1.165, 1.54) is 0 Å². The van der Waals surface area contributed by atoms with Crippen LogP contribution in [-0.2, 0) is 16.0 Å². The predicted octanol–water partition coefficient (Wildman–Crippen LogP) is 2.35. The first-order valence-electron chi connectivity index (χ1n) is 6.99. The highest BCUT2D eigenvalue weighted by molar-refractivity contribution is 5.78. The Balaban J connectivity index is 1.83. The van der Waals surface area contributed by atoms with Gasteiger partial charge in [0.25, 0.3) is 0 Å². The van der Waals surface area contributed by atoms with Crippen LogP contribution in [0.3, 0.4) is 0 Å². The average Bonchev–Trinajstić information content (AvgIpc) is 2.55. The normalized spacial score (nSPS) is 13.2. The summed E-state index contributed by atoms with van der Waals surface area (Å²) in [5.41, 5.74) is 2.03. The number of aryl methyl sites for hydroxylation is 1. The molecule has 1 aliphatic heterocycles. The Bertz CT molecular complexity index is 703. The Hall–Kier alpha value is -2.89. The Morgan fingerprint density at radius 2 is 2.05 bits per heavy atom. The summed E-state index contributed by atoms with van der Waals surface area (Å²) in [4.78, 5) is 27.2. The molecule has 0 saturated carbocycles. The number of amides is 2. The molecule has 22 heavy (non-hydrogen) atoms. The van der Waals surface area contributed by atoms with E-state index >= 15 is 0 Å². The fraction of sp³-hybridized carbons (Fsp3) is 0.188. The second-order valence-corrected chi connectivity index (χ2v) is 4.93. The maximum atomic E-state index is 11.0. The molecule has 0 aliphatic carbocycles. The van der Waals surface area contributed by atoms with Crippen LogP contribution in [0.2, 0.25) is 0 Å². The molecule has 1 aliphatic rings. The maximum absolute atomic E-state index is 11.0. The van der Waals surface area contributed by atoms with Crippen molar-refractivity contribution >= 4 is 24.3 Å². The molecule has 112 valence electrons. The van der Waals surface area contributed by atoms with E-state index in [0.717, 1.165) is 37.0 Å². The summed E-state index contributed by atoms with van der Waals surface area (Å²) in [6.07, 6.45) is 4.86. The lowest BCUT2D eigenvalue weighted by molar-refractivity contribution is -0.107. The number of nitrogens with one attached hydrogen (secondary N) is 1. The van der Waals surface area contributed by atoms with E-state index in [4.69, 9.17) is 4.74 Å². The quantitative estimate of drug-likeness (QED) is 0.860. The van der Waals surface area contributed by atoms with Gasteiger partial charge in [-0.25, -0.2) is 4.98 Å². The Morgan fingerprint density at radius 1 is 1.18 bits per heavy atom. The van der Waals surface area contributed by atoms with Crippen molar-refractivity contribution in [2.75, 3.05) is 16.8 Å². The minimum atomic E-state index is 0.428. The van der Waals surface area contributed by atoms with Crippen LogP contribution in [0, 0.1) is 0 Å². The van der Waals surface area contributed by atoms with E-state index in [-0.39, 0.29) is 0 Å². The third-order valence-corrected chi connectivity index (χ3v) is 3.51. The SMILES string of the molecule is O=CNc1cc(Oc2ccc3c(c2)CCCN3C=O)ccn1. The first kappa shape index (κ1) is 14.1. The van der Waals surface area contributed by atoms with Crippen molar-refractivity contribution in [2.45, 2.75) is 12.8 Å². The molecule has 2 heterocycles. The predicted molar refractivity (Wildman–Crippen MR) is 82.2 cm³/mol. The van der Waals surface area contributed by atoms with Gasteiger partial charge in [-0.15, -0.1) is 0 Å². The molecule has 0 saturated heterocycles. The Morgan fingerprint density at radius 3 is 2.86 bits per heavy atom. The fourth-order valence-corrected chi connectivity index (χ4v) is 2.53. The molecule has 0 atom stereocenters. The number of carbonyl (C=O) groups excluding carboxylic acids is 2. The van der Waals surface area contributed by atoms with Crippen LogP contribution in [0.5, 0.6) is 11.5 Å². The van der Waals surface area contributed by atoms with Crippen LogP contribution >= 0.6 is 0 Å². The molecule has 0 bridgehead atoms. The number of benzene rings is 1. The number of fused-ring (bicyclic) bond motifs is 1. The standard InChI is InChI=1S/C16H15N3O3/c20-10-18-16-9-14(5-6-17-16)22-13-3-4-15-12(8-13)2-1-7-19(15)11-21/h3-6,8-11H,1-2,7H2,(H,17,18,20). The summed E-state index contributed by atoms with van der Waals surface area (Å²) < 4.78 is 5.80. The highest BCUT2D eigenvalue weighted by Crippen LogP contribution is 2.31. The number of aromatic nitrogens is 1. The molecule has 6 heteroatoms. The molecule has 0 fully saturated rings. The molecule has 3 rings (SSSR count). The van der Waals surface area contributed by atoms with Gasteiger partial charge < -0.3 is 15.0 Å². The number of nitrogens with zero attached hydrogens (tertiary/aromatic N) is 2. The second kappa shape index (κ2) is 6.26. The molecule has 1 aromatic carbocycles. The molecule has 2 amide bonds. The minimum absolute atomic E-state index is 0.428. The van der Waals surface area contributed by atoms with Gasteiger partial charge in [0.15, 0.2) is 0 Å². The first-order chi connectivity index (χ1) is 10.8. The molecule has 0 spiro atoms. The summed E-state index contributed by atoms with van der Waals surface area (Å²) in [5.74, 6) is 1.70. The van der Waals surface area contributed by atoms with Gasteiger partial charge in [0.05, 0.1) is 0 Å².